The van der Waals surface area contributed by atoms with Gasteiger partial charge in [0.15, 0.2) is 0 Å². The second-order valence-electron chi connectivity index (χ2n) is 4.70. The van der Waals surface area contributed by atoms with Crippen LogP contribution in [0.4, 0.5) is 0 Å². The molecule has 2 aromatic carbocycles. The average Bonchev–Trinajstić information content (AvgIpc) is 3.39. The Hall–Kier alpha value is -2.59. The summed E-state index contributed by atoms with van der Waals surface area (Å²) in [6.07, 6.45) is 1.79. The van der Waals surface area contributed by atoms with E-state index >= 15 is 0 Å². The molecule has 1 heterocycles. The van der Waals surface area contributed by atoms with Crippen LogP contribution in [0.15, 0.2) is 67.4 Å². The fourth-order valence-corrected chi connectivity index (χ4v) is 1.78. The molecule has 1 aliphatic heterocycles. The van der Waals surface area contributed by atoms with Gasteiger partial charge in [-0.25, -0.2) is 4.79 Å². The molecule has 1 fully saturated rings. The fourth-order valence-electron chi connectivity index (χ4n) is 1.78. The lowest BCUT2D eigenvalue weighted by Crippen LogP contribution is -1.94. The second-order valence-corrected chi connectivity index (χ2v) is 4.70. The summed E-state index contributed by atoms with van der Waals surface area (Å²) in [5.74, 6) is -0.894. The van der Waals surface area contributed by atoms with E-state index in [1.54, 1.807) is 12.1 Å². The number of carbonyl (C=O) groups is 1. The summed E-state index contributed by atoms with van der Waals surface area (Å²) in [5.41, 5.74) is 2.43. The van der Waals surface area contributed by atoms with Crippen molar-refractivity contribution in [3.8, 4) is 11.1 Å². The Bertz CT molecular complexity index is 601. The van der Waals surface area contributed by atoms with Crippen LogP contribution in [0.5, 0.6) is 0 Å². The quantitative estimate of drug-likeness (QED) is 0.677. The van der Waals surface area contributed by atoms with E-state index in [-0.39, 0.29) is 0 Å². The Labute approximate surface area is 129 Å². The van der Waals surface area contributed by atoms with E-state index in [1.165, 1.54) is 6.26 Å². The third-order valence-electron chi connectivity index (χ3n) is 3.04. The van der Waals surface area contributed by atoms with Gasteiger partial charge in [0.25, 0.3) is 0 Å². The van der Waals surface area contributed by atoms with Gasteiger partial charge in [0.2, 0.25) is 0 Å². The number of benzene rings is 2. The van der Waals surface area contributed by atoms with Crippen LogP contribution in [-0.4, -0.2) is 30.4 Å². The first-order chi connectivity index (χ1) is 10.7. The maximum absolute atomic E-state index is 10.6. The maximum Gasteiger partial charge on any atom is 0.335 e. The fraction of sp³-hybridized carbons (Fsp3) is 0.167. The van der Waals surface area contributed by atoms with Crippen molar-refractivity contribution in [1.82, 2.24) is 0 Å². The molecule has 114 valence electrons. The Balaban J connectivity index is 0.000000211. The molecule has 0 aliphatic carbocycles. The van der Waals surface area contributed by atoms with Crippen molar-refractivity contribution in [2.45, 2.75) is 6.10 Å². The third kappa shape index (κ3) is 5.07. The van der Waals surface area contributed by atoms with Crippen LogP contribution in [0, 0.1) is 0 Å². The molecule has 3 rings (SSSR count). The molecule has 0 spiro atoms. The van der Waals surface area contributed by atoms with Gasteiger partial charge in [-0.2, -0.15) is 0 Å². The molecule has 1 saturated heterocycles. The predicted molar refractivity (Wildman–Crippen MR) is 84.7 cm³/mol. The van der Waals surface area contributed by atoms with Gasteiger partial charge >= 0.3 is 5.97 Å². The van der Waals surface area contributed by atoms with Crippen molar-refractivity contribution in [3.05, 3.63) is 73.0 Å². The summed E-state index contributed by atoms with van der Waals surface area (Å²) < 4.78 is 9.63. The topological polar surface area (TPSA) is 59.1 Å². The molecule has 22 heavy (non-hydrogen) atoms. The number of epoxide rings is 1. The molecule has 1 N–H and O–H groups in total. The normalized spacial score (nSPS) is 15.2. The molecule has 0 saturated carbocycles. The number of aromatic carboxylic acids is 1. The summed E-state index contributed by atoms with van der Waals surface area (Å²) in [5, 5.41) is 8.75. The molecule has 1 aliphatic rings. The molecule has 0 amide bonds. The lowest BCUT2D eigenvalue weighted by Gasteiger charge is -2.01. The summed E-state index contributed by atoms with van der Waals surface area (Å²) in [4.78, 5) is 10.6. The molecule has 1 atom stereocenters. The number of carboxylic acids is 1. The molecular weight excluding hydrogens is 280 g/mol. The van der Waals surface area contributed by atoms with Gasteiger partial charge in [-0.3, -0.25) is 0 Å². The highest BCUT2D eigenvalue weighted by molar-refractivity contribution is 5.88. The molecular formula is C18H18O4. The SMILES string of the molecule is C=COCC1CO1.O=C(O)c1ccc(-c2ccccc2)cc1. The molecule has 1 unspecified atom stereocenters. The van der Waals surface area contributed by atoms with E-state index in [4.69, 9.17) is 14.6 Å². The van der Waals surface area contributed by atoms with Crippen LogP contribution in [0.1, 0.15) is 10.4 Å². The van der Waals surface area contributed by atoms with E-state index in [1.807, 2.05) is 42.5 Å². The number of hydrogen-bond acceptors (Lipinski definition) is 3. The Morgan fingerprint density at radius 3 is 2.27 bits per heavy atom. The first-order valence-electron chi connectivity index (χ1n) is 6.93. The molecule has 0 radical (unpaired) electrons. The van der Waals surface area contributed by atoms with Gasteiger partial charge in [0.05, 0.1) is 18.4 Å². The van der Waals surface area contributed by atoms with E-state index in [0.717, 1.165) is 17.7 Å². The standard InChI is InChI=1S/C13H10O2.C5H8O2/c14-13(15)12-8-6-11(7-9-12)10-4-2-1-3-5-10;1-2-6-3-5-4-7-5/h1-9H,(H,14,15);2,5H,1,3-4H2. The van der Waals surface area contributed by atoms with Crippen molar-refractivity contribution in [1.29, 1.82) is 0 Å². The Morgan fingerprint density at radius 2 is 1.77 bits per heavy atom. The van der Waals surface area contributed by atoms with E-state index in [2.05, 4.69) is 6.58 Å². The number of ether oxygens (including phenoxy) is 2. The summed E-state index contributed by atoms with van der Waals surface area (Å²) >= 11 is 0. The zero-order valence-electron chi connectivity index (χ0n) is 12.1. The van der Waals surface area contributed by atoms with Gasteiger partial charge < -0.3 is 14.6 Å². The lowest BCUT2D eigenvalue weighted by atomic mass is 10.0. The molecule has 2 aromatic rings. The third-order valence-corrected chi connectivity index (χ3v) is 3.04. The lowest BCUT2D eigenvalue weighted by molar-refractivity contribution is 0.0697. The van der Waals surface area contributed by atoms with Crippen molar-refractivity contribution < 1.29 is 19.4 Å². The van der Waals surface area contributed by atoms with Gasteiger partial charge in [-0.05, 0) is 23.3 Å². The Kier molecular flexibility index (Phi) is 5.74. The van der Waals surface area contributed by atoms with Crippen molar-refractivity contribution in [2.75, 3.05) is 13.2 Å². The smallest absolute Gasteiger partial charge is 0.335 e. The van der Waals surface area contributed by atoms with Crippen molar-refractivity contribution >= 4 is 5.97 Å². The largest absolute Gasteiger partial charge is 0.499 e. The van der Waals surface area contributed by atoms with Crippen LogP contribution < -0.4 is 0 Å². The first-order valence-corrected chi connectivity index (χ1v) is 6.93. The van der Waals surface area contributed by atoms with E-state index in [0.29, 0.717) is 18.3 Å². The van der Waals surface area contributed by atoms with E-state index in [9.17, 15) is 4.79 Å². The predicted octanol–water partition coefficient (Wildman–Crippen LogP) is 3.60. The summed E-state index contributed by atoms with van der Waals surface area (Å²) in [6, 6.07) is 16.7. The minimum absolute atomic E-state index is 0.315. The number of carboxylic acid groups (broad SMARTS) is 1. The minimum Gasteiger partial charge on any atom is -0.499 e. The molecule has 0 bridgehead atoms. The average molecular weight is 298 g/mol. The highest BCUT2D eigenvalue weighted by Gasteiger charge is 2.21. The maximum atomic E-state index is 10.6. The summed E-state index contributed by atoms with van der Waals surface area (Å²) in [6.45, 7) is 4.91. The van der Waals surface area contributed by atoms with Crippen LogP contribution in [0.25, 0.3) is 11.1 Å². The molecule has 0 aromatic heterocycles. The van der Waals surface area contributed by atoms with Gasteiger partial charge in [-0.1, -0.05) is 49.0 Å². The first kappa shape index (κ1) is 15.8. The zero-order chi connectivity index (χ0) is 15.8. The molecule has 4 nitrogen and oxygen atoms in total. The Morgan fingerprint density at radius 1 is 1.18 bits per heavy atom. The monoisotopic (exact) mass is 298 g/mol. The van der Waals surface area contributed by atoms with Crippen LogP contribution in [-0.2, 0) is 9.47 Å². The van der Waals surface area contributed by atoms with Gasteiger partial charge in [0.1, 0.15) is 12.7 Å². The second kappa shape index (κ2) is 8.00. The highest BCUT2D eigenvalue weighted by atomic mass is 16.6. The van der Waals surface area contributed by atoms with Crippen molar-refractivity contribution in [3.63, 3.8) is 0 Å². The zero-order valence-corrected chi connectivity index (χ0v) is 12.1. The molecule has 4 heteroatoms. The summed E-state index contributed by atoms with van der Waals surface area (Å²) in [7, 11) is 0. The van der Waals surface area contributed by atoms with Gasteiger partial charge in [-0.15, -0.1) is 0 Å². The van der Waals surface area contributed by atoms with Crippen LogP contribution in [0.3, 0.4) is 0 Å². The number of hydrogen-bond donors (Lipinski definition) is 1. The highest BCUT2D eigenvalue weighted by Crippen LogP contribution is 2.19. The van der Waals surface area contributed by atoms with Crippen molar-refractivity contribution in [2.24, 2.45) is 0 Å². The van der Waals surface area contributed by atoms with Crippen LogP contribution >= 0.6 is 0 Å². The number of rotatable bonds is 5. The van der Waals surface area contributed by atoms with E-state index < -0.39 is 5.97 Å². The van der Waals surface area contributed by atoms with Crippen LogP contribution in [0.2, 0.25) is 0 Å². The minimum atomic E-state index is -0.894. The van der Waals surface area contributed by atoms with Gasteiger partial charge in [0, 0.05) is 0 Å².